The molecule has 0 unspecified atom stereocenters. The number of ether oxygens (including phenoxy) is 1. The molecule has 0 aliphatic heterocycles. The number of aromatic nitrogens is 1. The van der Waals surface area contributed by atoms with Crippen LogP contribution in [0.2, 0.25) is 0 Å². The van der Waals surface area contributed by atoms with Gasteiger partial charge >= 0.3 is 0 Å². The molecule has 2 aromatic carbocycles. The van der Waals surface area contributed by atoms with Crippen LogP contribution in [0.5, 0.6) is 5.75 Å². The molecule has 0 radical (unpaired) electrons. The van der Waals surface area contributed by atoms with Crippen LogP contribution in [-0.4, -0.2) is 17.5 Å². The van der Waals surface area contributed by atoms with Crippen LogP contribution < -0.4 is 10.1 Å². The molecule has 0 saturated carbocycles. The van der Waals surface area contributed by atoms with Crippen molar-refractivity contribution in [1.29, 1.82) is 0 Å². The molecule has 2 heterocycles. The average molecular weight is 366 g/mol. The molecule has 0 bridgehead atoms. The molecule has 0 aliphatic rings. The molecule has 0 aliphatic carbocycles. The SMILES string of the molecule is CCOc1ccc2nc(NC(=O)c3oc4cc(C)ccc4c3C)sc2c1. The lowest BCUT2D eigenvalue weighted by Crippen LogP contribution is -2.11. The second kappa shape index (κ2) is 6.46. The number of hydrogen-bond donors (Lipinski definition) is 1. The van der Waals surface area contributed by atoms with E-state index < -0.39 is 0 Å². The third-order valence-electron chi connectivity index (χ3n) is 4.19. The van der Waals surface area contributed by atoms with Crippen molar-refractivity contribution in [2.75, 3.05) is 11.9 Å². The van der Waals surface area contributed by atoms with Gasteiger partial charge in [0.25, 0.3) is 5.91 Å². The number of amides is 1. The number of nitrogens with zero attached hydrogens (tertiary/aromatic N) is 1. The maximum atomic E-state index is 12.7. The molecule has 0 saturated heterocycles. The molecule has 132 valence electrons. The smallest absolute Gasteiger partial charge is 0.293 e. The van der Waals surface area contributed by atoms with E-state index in [9.17, 15) is 4.79 Å². The molecule has 1 N–H and O–H groups in total. The summed E-state index contributed by atoms with van der Waals surface area (Å²) in [6, 6.07) is 11.6. The number of carbonyl (C=O) groups is 1. The Hall–Kier alpha value is -2.86. The second-order valence-corrected chi connectivity index (χ2v) is 7.12. The monoisotopic (exact) mass is 366 g/mol. The van der Waals surface area contributed by atoms with Gasteiger partial charge in [-0.05, 0) is 50.6 Å². The summed E-state index contributed by atoms with van der Waals surface area (Å²) in [7, 11) is 0. The van der Waals surface area contributed by atoms with Gasteiger partial charge in [0.15, 0.2) is 10.9 Å². The van der Waals surface area contributed by atoms with Crippen LogP contribution in [0.4, 0.5) is 5.13 Å². The van der Waals surface area contributed by atoms with Crippen LogP contribution in [0.15, 0.2) is 40.8 Å². The van der Waals surface area contributed by atoms with Crippen LogP contribution >= 0.6 is 11.3 Å². The molecule has 1 amide bonds. The summed E-state index contributed by atoms with van der Waals surface area (Å²) in [5.41, 5.74) is 3.47. The molecule has 2 aromatic heterocycles. The van der Waals surface area contributed by atoms with Gasteiger partial charge in [-0.1, -0.05) is 23.5 Å². The summed E-state index contributed by atoms with van der Waals surface area (Å²) < 4.78 is 12.3. The van der Waals surface area contributed by atoms with Gasteiger partial charge in [-0.3, -0.25) is 10.1 Å². The molecule has 5 nitrogen and oxygen atoms in total. The lowest BCUT2D eigenvalue weighted by molar-refractivity contribution is 0.0998. The van der Waals surface area contributed by atoms with E-state index in [-0.39, 0.29) is 5.91 Å². The quantitative estimate of drug-likeness (QED) is 0.531. The van der Waals surface area contributed by atoms with Gasteiger partial charge in [-0.25, -0.2) is 4.98 Å². The van der Waals surface area contributed by atoms with Crippen LogP contribution in [0, 0.1) is 13.8 Å². The summed E-state index contributed by atoms with van der Waals surface area (Å²) in [6.07, 6.45) is 0. The molecule has 26 heavy (non-hydrogen) atoms. The topological polar surface area (TPSA) is 64.4 Å². The number of aryl methyl sites for hydroxylation is 2. The zero-order valence-electron chi connectivity index (χ0n) is 14.8. The number of fused-ring (bicyclic) bond motifs is 2. The van der Waals surface area contributed by atoms with E-state index in [1.54, 1.807) is 0 Å². The standard InChI is InChI=1S/C20H18N2O3S/c1-4-24-13-6-8-15-17(10-13)26-20(21-15)22-19(23)18-12(3)14-7-5-11(2)9-16(14)25-18/h5-10H,4H2,1-3H3,(H,21,22,23). The Morgan fingerprint density at radius 2 is 2.08 bits per heavy atom. The van der Waals surface area contributed by atoms with E-state index in [1.807, 2.05) is 57.2 Å². The van der Waals surface area contributed by atoms with Gasteiger partial charge in [0.2, 0.25) is 0 Å². The highest BCUT2D eigenvalue weighted by Crippen LogP contribution is 2.31. The molecule has 4 rings (SSSR count). The first-order chi connectivity index (χ1) is 12.5. The highest BCUT2D eigenvalue weighted by atomic mass is 32.1. The summed E-state index contributed by atoms with van der Waals surface area (Å²) in [4.78, 5) is 17.1. The molecule has 0 atom stereocenters. The second-order valence-electron chi connectivity index (χ2n) is 6.09. The molecule has 6 heteroatoms. The van der Waals surface area contributed by atoms with Crippen LogP contribution in [-0.2, 0) is 0 Å². The predicted octanol–water partition coefficient (Wildman–Crippen LogP) is 5.31. The van der Waals surface area contributed by atoms with Crippen molar-refractivity contribution >= 4 is 43.6 Å². The fraction of sp³-hybridized carbons (Fsp3) is 0.200. The van der Waals surface area contributed by atoms with Crippen molar-refractivity contribution in [3.63, 3.8) is 0 Å². The van der Waals surface area contributed by atoms with Gasteiger partial charge < -0.3 is 9.15 Å². The maximum absolute atomic E-state index is 12.7. The fourth-order valence-corrected chi connectivity index (χ4v) is 3.81. The zero-order chi connectivity index (χ0) is 18.3. The van der Waals surface area contributed by atoms with Gasteiger partial charge in [0.1, 0.15) is 11.3 Å². The van der Waals surface area contributed by atoms with Crippen LogP contribution in [0.3, 0.4) is 0 Å². The largest absolute Gasteiger partial charge is 0.494 e. The van der Waals surface area contributed by atoms with Crippen molar-refractivity contribution < 1.29 is 13.9 Å². The molecular weight excluding hydrogens is 348 g/mol. The fourth-order valence-electron chi connectivity index (χ4n) is 2.92. The third-order valence-corrected chi connectivity index (χ3v) is 5.12. The number of furan rings is 1. The van der Waals surface area contributed by atoms with Crippen LogP contribution in [0.25, 0.3) is 21.2 Å². The highest BCUT2D eigenvalue weighted by molar-refractivity contribution is 7.22. The normalized spacial score (nSPS) is 11.2. The van der Waals surface area contributed by atoms with Crippen molar-refractivity contribution in [2.45, 2.75) is 20.8 Å². The van der Waals surface area contributed by atoms with Crippen molar-refractivity contribution in [3.8, 4) is 5.75 Å². The van der Waals surface area contributed by atoms with Crippen molar-refractivity contribution in [2.24, 2.45) is 0 Å². The zero-order valence-corrected chi connectivity index (χ0v) is 15.6. The predicted molar refractivity (Wildman–Crippen MR) is 104 cm³/mol. The number of rotatable bonds is 4. The van der Waals surface area contributed by atoms with Gasteiger partial charge in [-0.15, -0.1) is 0 Å². The first-order valence-electron chi connectivity index (χ1n) is 8.39. The minimum Gasteiger partial charge on any atom is -0.494 e. The van der Waals surface area contributed by atoms with E-state index in [1.165, 1.54) is 11.3 Å². The van der Waals surface area contributed by atoms with E-state index in [4.69, 9.17) is 9.15 Å². The molecular formula is C20H18N2O3S. The average Bonchev–Trinajstić information content (AvgIpc) is 3.15. The first-order valence-corrected chi connectivity index (χ1v) is 9.21. The summed E-state index contributed by atoms with van der Waals surface area (Å²) in [5, 5.41) is 4.34. The van der Waals surface area contributed by atoms with Crippen LogP contribution in [0.1, 0.15) is 28.6 Å². The van der Waals surface area contributed by atoms with Gasteiger partial charge in [0.05, 0.1) is 16.8 Å². The summed E-state index contributed by atoms with van der Waals surface area (Å²) >= 11 is 1.41. The van der Waals surface area contributed by atoms with E-state index in [0.29, 0.717) is 17.5 Å². The number of nitrogens with one attached hydrogen (secondary N) is 1. The van der Waals surface area contributed by atoms with E-state index >= 15 is 0 Å². The van der Waals surface area contributed by atoms with Gasteiger partial charge in [0, 0.05) is 10.9 Å². The van der Waals surface area contributed by atoms with E-state index in [0.717, 1.165) is 38.1 Å². The van der Waals surface area contributed by atoms with E-state index in [2.05, 4.69) is 10.3 Å². The Morgan fingerprint density at radius 1 is 1.23 bits per heavy atom. The Kier molecular flexibility index (Phi) is 4.12. The lowest BCUT2D eigenvalue weighted by Gasteiger charge is -2.00. The Bertz CT molecular complexity index is 1130. The first kappa shape index (κ1) is 16.6. The molecule has 0 spiro atoms. The summed E-state index contributed by atoms with van der Waals surface area (Å²) in [5.74, 6) is 0.824. The Balaban J connectivity index is 1.63. The summed E-state index contributed by atoms with van der Waals surface area (Å²) in [6.45, 7) is 6.44. The number of anilines is 1. The Labute approximate surface area is 154 Å². The minimum absolute atomic E-state index is 0.291. The van der Waals surface area contributed by atoms with Gasteiger partial charge in [-0.2, -0.15) is 0 Å². The number of carbonyl (C=O) groups excluding carboxylic acids is 1. The number of benzene rings is 2. The Morgan fingerprint density at radius 3 is 2.88 bits per heavy atom. The molecule has 4 aromatic rings. The van der Waals surface area contributed by atoms with Crippen molar-refractivity contribution in [3.05, 3.63) is 53.3 Å². The number of thiazole rings is 1. The van der Waals surface area contributed by atoms with Crippen molar-refractivity contribution in [1.82, 2.24) is 4.98 Å². The number of hydrogen-bond acceptors (Lipinski definition) is 5. The lowest BCUT2D eigenvalue weighted by atomic mass is 10.1. The highest BCUT2D eigenvalue weighted by Gasteiger charge is 2.19. The minimum atomic E-state index is -0.291. The third kappa shape index (κ3) is 2.93. The molecule has 0 fully saturated rings. The maximum Gasteiger partial charge on any atom is 0.293 e.